The van der Waals surface area contributed by atoms with Crippen molar-refractivity contribution in [2.24, 2.45) is 0 Å². The Balaban J connectivity index is 2.41. The molecule has 3 N–H and O–H groups in total. The van der Waals surface area contributed by atoms with Crippen molar-refractivity contribution in [3.63, 3.8) is 0 Å². The molecule has 0 aliphatic rings. The van der Waals surface area contributed by atoms with E-state index in [0.717, 1.165) is 24.2 Å². The minimum absolute atomic E-state index is 0.00959. The highest BCUT2D eigenvalue weighted by Crippen LogP contribution is 2.13. The van der Waals surface area contributed by atoms with E-state index in [4.69, 9.17) is 0 Å². The van der Waals surface area contributed by atoms with Gasteiger partial charge in [0.25, 0.3) is 0 Å². The second-order valence-corrected chi connectivity index (χ2v) is 4.69. The fraction of sp³-hybridized carbons (Fsp3) is 0.467. The summed E-state index contributed by atoms with van der Waals surface area (Å²) in [4.78, 5) is 22.6. The number of nitrogens with one attached hydrogen (secondary N) is 3. The first-order valence-corrected chi connectivity index (χ1v) is 6.96. The van der Waals surface area contributed by atoms with Gasteiger partial charge in [0.15, 0.2) is 0 Å². The van der Waals surface area contributed by atoms with Crippen LogP contribution in [-0.2, 0) is 9.59 Å². The summed E-state index contributed by atoms with van der Waals surface area (Å²) in [6.45, 7) is 5.83. The van der Waals surface area contributed by atoms with Crippen LogP contribution in [-0.4, -0.2) is 24.4 Å². The molecule has 5 heteroatoms. The number of amides is 2. The van der Waals surface area contributed by atoms with Crippen molar-refractivity contribution in [3.8, 4) is 0 Å². The van der Waals surface area contributed by atoms with Gasteiger partial charge in [0, 0.05) is 24.3 Å². The first kappa shape index (κ1) is 16.0. The van der Waals surface area contributed by atoms with E-state index in [1.54, 1.807) is 12.1 Å². The first-order chi connectivity index (χ1) is 9.55. The molecule has 0 fully saturated rings. The van der Waals surface area contributed by atoms with Gasteiger partial charge in [-0.25, -0.2) is 0 Å². The van der Waals surface area contributed by atoms with E-state index < -0.39 is 0 Å². The van der Waals surface area contributed by atoms with E-state index in [0.29, 0.717) is 0 Å². The van der Waals surface area contributed by atoms with Crippen molar-refractivity contribution in [1.82, 2.24) is 5.32 Å². The first-order valence-electron chi connectivity index (χ1n) is 6.96. The lowest BCUT2D eigenvalue weighted by molar-refractivity contribution is -0.120. The van der Waals surface area contributed by atoms with Crippen LogP contribution in [0.5, 0.6) is 0 Å². The van der Waals surface area contributed by atoms with Crippen LogP contribution in [0.2, 0.25) is 0 Å². The fourth-order valence-electron chi connectivity index (χ4n) is 1.83. The second kappa shape index (κ2) is 8.19. The molecule has 0 unspecified atom stereocenters. The van der Waals surface area contributed by atoms with E-state index in [1.807, 2.05) is 12.1 Å². The Morgan fingerprint density at radius 1 is 1.05 bits per heavy atom. The fourth-order valence-corrected chi connectivity index (χ4v) is 1.83. The summed E-state index contributed by atoms with van der Waals surface area (Å²) in [6.07, 6.45) is 1.88. The number of hydrogen-bond donors (Lipinski definition) is 3. The summed E-state index contributed by atoms with van der Waals surface area (Å²) in [7, 11) is 0. The number of carbonyl (C=O) groups is 2. The summed E-state index contributed by atoms with van der Waals surface area (Å²) in [5.74, 6) is -0.111. The topological polar surface area (TPSA) is 70.2 Å². The molecule has 0 radical (unpaired) electrons. The van der Waals surface area contributed by atoms with Crippen LogP contribution >= 0.6 is 0 Å². The van der Waals surface area contributed by atoms with Gasteiger partial charge in [-0.2, -0.15) is 0 Å². The molecule has 1 aromatic rings. The highest BCUT2D eigenvalue weighted by atomic mass is 16.2. The van der Waals surface area contributed by atoms with Crippen LogP contribution in [0.25, 0.3) is 0 Å². The van der Waals surface area contributed by atoms with E-state index in [9.17, 15) is 9.59 Å². The molecule has 5 nitrogen and oxygen atoms in total. The zero-order chi connectivity index (χ0) is 15.0. The van der Waals surface area contributed by atoms with E-state index in [1.165, 1.54) is 6.92 Å². The monoisotopic (exact) mass is 277 g/mol. The van der Waals surface area contributed by atoms with E-state index >= 15 is 0 Å². The number of rotatable bonds is 7. The lowest BCUT2D eigenvalue weighted by Gasteiger charge is -2.15. The largest absolute Gasteiger partial charge is 0.376 e. The quantitative estimate of drug-likeness (QED) is 0.716. The highest BCUT2D eigenvalue weighted by Gasteiger charge is 2.07. The number of anilines is 2. The lowest BCUT2D eigenvalue weighted by Crippen LogP contribution is -2.37. The summed E-state index contributed by atoms with van der Waals surface area (Å²) in [6, 6.07) is 7.49. The average Bonchev–Trinajstić information content (AvgIpc) is 2.43. The molecule has 1 rings (SSSR count). The molecule has 0 aromatic heterocycles. The van der Waals surface area contributed by atoms with Crippen LogP contribution in [0.3, 0.4) is 0 Å². The molecule has 0 spiro atoms. The number of hydrogen-bond acceptors (Lipinski definition) is 3. The second-order valence-electron chi connectivity index (χ2n) is 4.69. The van der Waals surface area contributed by atoms with Crippen molar-refractivity contribution in [2.75, 3.05) is 17.2 Å². The molecular weight excluding hydrogens is 254 g/mol. The molecule has 0 saturated carbocycles. The van der Waals surface area contributed by atoms with E-state index in [2.05, 4.69) is 29.8 Å². The predicted molar refractivity (Wildman–Crippen MR) is 81.7 cm³/mol. The van der Waals surface area contributed by atoms with Gasteiger partial charge in [-0.05, 0) is 37.1 Å². The van der Waals surface area contributed by atoms with Crippen molar-refractivity contribution in [2.45, 2.75) is 39.7 Å². The van der Waals surface area contributed by atoms with Crippen molar-refractivity contribution in [1.29, 1.82) is 0 Å². The third-order valence-electron chi connectivity index (χ3n) is 3.01. The van der Waals surface area contributed by atoms with Gasteiger partial charge in [-0.1, -0.05) is 13.8 Å². The third-order valence-corrected chi connectivity index (χ3v) is 3.01. The lowest BCUT2D eigenvalue weighted by atomic mass is 10.2. The number of carbonyl (C=O) groups excluding carboxylic acids is 2. The molecule has 0 aliphatic heterocycles. The summed E-state index contributed by atoms with van der Waals surface area (Å²) < 4.78 is 0. The summed E-state index contributed by atoms with van der Waals surface area (Å²) >= 11 is 0. The maximum Gasteiger partial charge on any atom is 0.239 e. The Morgan fingerprint density at radius 3 is 2.10 bits per heavy atom. The molecule has 20 heavy (non-hydrogen) atoms. The maximum absolute atomic E-state index is 11.7. The Labute approximate surface area is 120 Å². The van der Waals surface area contributed by atoms with Gasteiger partial charge in [0.2, 0.25) is 11.8 Å². The van der Waals surface area contributed by atoms with Crippen LogP contribution in [0.15, 0.2) is 24.3 Å². The Kier molecular flexibility index (Phi) is 6.56. The minimum Gasteiger partial charge on any atom is -0.376 e. The summed E-state index contributed by atoms with van der Waals surface area (Å²) in [5, 5.41) is 8.71. The predicted octanol–water partition coefficient (Wildman–Crippen LogP) is 2.36. The minimum atomic E-state index is -0.102. The Hall–Kier alpha value is -2.04. The zero-order valence-electron chi connectivity index (χ0n) is 12.3. The Morgan fingerprint density at radius 2 is 1.60 bits per heavy atom. The van der Waals surface area contributed by atoms with Crippen molar-refractivity contribution in [3.05, 3.63) is 24.3 Å². The normalized spacial score (nSPS) is 10.2. The standard InChI is InChI=1S/C15H23N3O2/c1-4-12(5-2)18-15(20)10-16-13-6-8-14(9-7-13)17-11(3)19/h6-9,12,16H,4-5,10H2,1-3H3,(H,17,19)(H,18,20). The molecule has 1 aromatic carbocycles. The molecule has 0 atom stereocenters. The average molecular weight is 277 g/mol. The third kappa shape index (κ3) is 5.73. The molecule has 2 amide bonds. The molecule has 0 bridgehead atoms. The van der Waals surface area contributed by atoms with Crippen LogP contribution < -0.4 is 16.0 Å². The molecular formula is C15H23N3O2. The number of benzene rings is 1. The van der Waals surface area contributed by atoms with Gasteiger partial charge >= 0.3 is 0 Å². The SMILES string of the molecule is CCC(CC)NC(=O)CNc1ccc(NC(C)=O)cc1. The summed E-state index contributed by atoms with van der Waals surface area (Å²) in [5.41, 5.74) is 1.59. The molecule has 0 heterocycles. The van der Waals surface area contributed by atoms with Gasteiger partial charge in [0.05, 0.1) is 6.54 Å². The van der Waals surface area contributed by atoms with Gasteiger partial charge in [-0.15, -0.1) is 0 Å². The van der Waals surface area contributed by atoms with Crippen LogP contribution in [0.1, 0.15) is 33.6 Å². The smallest absolute Gasteiger partial charge is 0.239 e. The van der Waals surface area contributed by atoms with Gasteiger partial charge in [0.1, 0.15) is 0 Å². The van der Waals surface area contributed by atoms with Crippen LogP contribution in [0, 0.1) is 0 Å². The van der Waals surface area contributed by atoms with Gasteiger partial charge in [-0.3, -0.25) is 9.59 Å². The van der Waals surface area contributed by atoms with E-state index in [-0.39, 0.29) is 24.4 Å². The maximum atomic E-state index is 11.7. The van der Waals surface area contributed by atoms with Gasteiger partial charge < -0.3 is 16.0 Å². The zero-order valence-corrected chi connectivity index (χ0v) is 12.3. The molecule has 0 aliphatic carbocycles. The molecule has 0 saturated heterocycles. The van der Waals surface area contributed by atoms with Crippen molar-refractivity contribution >= 4 is 23.2 Å². The van der Waals surface area contributed by atoms with Crippen LogP contribution in [0.4, 0.5) is 11.4 Å². The Bertz CT molecular complexity index is 439. The van der Waals surface area contributed by atoms with Crippen molar-refractivity contribution < 1.29 is 9.59 Å². The molecule has 110 valence electrons. The highest BCUT2D eigenvalue weighted by molar-refractivity contribution is 5.88.